The fraction of sp³-hybridized carbons (Fsp3) is 0.310. The number of hydrogen-bond acceptors (Lipinski definition) is 7. The van der Waals surface area contributed by atoms with E-state index in [1.807, 2.05) is 97.1 Å². The van der Waals surface area contributed by atoms with E-state index in [4.69, 9.17) is 4.74 Å². The lowest BCUT2D eigenvalue weighted by Gasteiger charge is -2.27. The van der Waals surface area contributed by atoms with E-state index in [1.165, 1.54) is 0 Å². The SMILES string of the molecule is CC(C)(C)OC(=O)N[C@@H](Cc1c[nH]c2ccccc12)C(=O)N[C@H](Cc1ccc2ccccc2c1)C(=O)N[C@H](CC(=O)O)C(=O)N[C@H](CO)Cc1ccccc1. The topological polar surface area (TPSA) is 199 Å². The number of carboxylic acid groups (broad SMARTS) is 1. The monoisotopic (exact) mass is 749 g/mol. The zero-order chi connectivity index (χ0) is 39.5. The Bertz CT molecular complexity index is 2130. The Hall–Kier alpha value is -6.21. The summed E-state index contributed by atoms with van der Waals surface area (Å²) in [4.78, 5) is 70.0. The average Bonchev–Trinajstić information content (AvgIpc) is 3.55. The number of aliphatic carboxylic acids is 1. The van der Waals surface area contributed by atoms with Crippen LogP contribution in [0, 0.1) is 0 Å². The Morgan fingerprint density at radius 2 is 1.29 bits per heavy atom. The van der Waals surface area contributed by atoms with Gasteiger partial charge >= 0.3 is 12.1 Å². The van der Waals surface area contributed by atoms with E-state index in [2.05, 4.69) is 26.3 Å². The highest BCUT2D eigenvalue weighted by Gasteiger charge is 2.33. The normalized spacial score (nSPS) is 13.6. The molecule has 1 aromatic heterocycles. The van der Waals surface area contributed by atoms with Crippen LogP contribution in [0.1, 0.15) is 43.9 Å². The molecule has 0 aliphatic rings. The highest BCUT2D eigenvalue weighted by molar-refractivity contribution is 5.96. The molecule has 0 fully saturated rings. The van der Waals surface area contributed by atoms with Gasteiger partial charge in [-0.15, -0.1) is 0 Å². The number of aromatic nitrogens is 1. The highest BCUT2D eigenvalue weighted by atomic mass is 16.6. The largest absolute Gasteiger partial charge is 0.481 e. The summed E-state index contributed by atoms with van der Waals surface area (Å²) in [5.41, 5.74) is 2.21. The van der Waals surface area contributed by atoms with E-state index in [1.54, 1.807) is 27.0 Å². The van der Waals surface area contributed by atoms with Gasteiger partial charge in [-0.05, 0) is 60.7 Å². The van der Waals surface area contributed by atoms with Crippen LogP contribution < -0.4 is 21.3 Å². The third kappa shape index (κ3) is 11.6. The zero-order valence-electron chi connectivity index (χ0n) is 31.0. The first-order valence-corrected chi connectivity index (χ1v) is 18.1. The van der Waals surface area contributed by atoms with Crippen molar-refractivity contribution >= 4 is 51.5 Å². The minimum atomic E-state index is -1.55. The summed E-state index contributed by atoms with van der Waals surface area (Å²) < 4.78 is 5.47. The molecule has 0 unspecified atom stereocenters. The van der Waals surface area contributed by atoms with Crippen molar-refractivity contribution in [3.63, 3.8) is 0 Å². The van der Waals surface area contributed by atoms with Crippen LogP contribution in [-0.2, 0) is 43.2 Å². The van der Waals surface area contributed by atoms with Crippen LogP contribution in [0.25, 0.3) is 21.7 Å². The Kier molecular flexibility index (Phi) is 13.2. The van der Waals surface area contributed by atoms with Crippen molar-refractivity contribution in [2.75, 3.05) is 6.61 Å². The smallest absolute Gasteiger partial charge is 0.408 e. The standard InChI is InChI=1S/C42H47N5O8/c1-42(2,3)55-41(54)47-35(22-30-24-43-33-16-10-9-15-32(30)33)40(53)45-34(21-27-17-18-28-13-7-8-14-29(28)19-27)39(52)46-36(23-37(49)50)38(51)44-31(25-48)20-26-11-5-4-6-12-26/h4-19,24,31,34-36,43,48H,20-23,25H2,1-3H3,(H,44,51)(H,45,53)(H,46,52)(H,47,54)(H,49,50)/t31-,34+,35-,36+/m0/s1. The molecule has 4 aromatic carbocycles. The van der Waals surface area contributed by atoms with E-state index in [-0.39, 0.29) is 19.3 Å². The molecule has 0 bridgehead atoms. The van der Waals surface area contributed by atoms with Gasteiger partial charge in [0.2, 0.25) is 17.7 Å². The Balaban J connectivity index is 1.42. The number of nitrogens with one attached hydrogen (secondary N) is 5. The summed E-state index contributed by atoms with van der Waals surface area (Å²) in [5, 5.41) is 33.1. The van der Waals surface area contributed by atoms with Crippen molar-refractivity contribution < 1.29 is 38.9 Å². The van der Waals surface area contributed by atoms with Crippen LogP contribution in [-0.4, -0.2) is 81.4 Å². The molecule has 1 heterocycles. The molecule has 7 N–H and O–H groups in total. The molecule has 5 rings (SSSR count). The number of hydrogen-bond donors (Lipinski definition) is 7. The van der Waals surface area contributed by atoms with Crippen molar-refractivity contribution in [1.29, 1.82) is 0 Å². The van der Waals surface area contributed by atoms with Crippen molar-refractivity contribution in [3.05, 3.63) is 120 Å². The molecule has 0 saturated heterocycles. The predicted molar refractivity (Wildman–Crippen MR) is 208 cm³/mol. The number of carbonyl (C=O) groups is 5. The average molecular weight is 750 g/mol. The molecule has 0 aliphatic heterocycles. The molecular weight excluding hydrogens is 702 g/mol. The van der Waals surface area contributed by atoms with Gasteiger partial charge in [-0.1, -0.05) is 91.0 Å². The van der Waals surface area contributed by atoms with Crippen LogP contribution in [0.2, 0.25) is 0 Å². The number of rotatable bonds is 16. The maximum atomic E-state index is 14.2. The predicted octanol–water partition coefficient (Wildman–Crippen LogP) is 4.16. The second kappa shape index (κ2) is 18.2. The lowest BCUT2D eigenvalue weighted by molar-refractivity contribution is -0.141. The van der Waals surface area contributed by atoms with E-state index in [9.17, 15) is 34.2 Å². The minimum Gasteiger partial charge on any atom is -0.481 e. The summed E-state index contributed by atoms with van der Waals surface area (Å²) in [7, 11) is 0. The van der Waals surface area contributed by atoms with Crippen molar-refractivity contribution in [2.45, 2.75) is 76.2 Å². The number of aromatic amines is 1. The Morgan fingerprint density at radius 1 is 0.673 bits per heavy atom. The number of carboxylic acids is 1. The van der Waals surface area contributed by atoms with E-state index >= 15 is 0 Å². The number of para-hydroxylation sites is 1. The van der Waals surface area contributed by atoms with Gasteiger partial charge in [0.25, 0.3) is 0 Å². The van der Waals surface area contributed by atoms with E-state index in [0.29, 0.717) is 5.56 Å². The summed E-state index contributed by atoms with van der Waals surface area (Å²) in [6, 6.07) is 25.0. The molecule has 4 atom stereocenters. The number of benzene rings is 4. The first-order valence-electron chi connectivity index (χ1n) is 18.1. The molecule has 0 saturated carbocycles. The van der Waals surface area contributed by atoms with Gasteiger partial charge in [0.1, 0.15) is 23.7 Å². The first-order chi connectivity index (χ1) is 26.3. The molecular formula is C42H47N5O8. The summed E-state index contributed by atoms with van der Waals surface area (Å²) in [6.07, 6.45) is 0.404. The van der Waals surface area contributed by atoms with Crippen LogP contribution in [0.3, 0.4) is 0 Å². The van der Waals surface area contributed by atoms with E-state index in [0.717, 1.165) is 32.8 Å². The number of amides is 4. The second-order valence-electron chi connectivity index (χ2n) is 14.4. The molecule has 0 spiro atoms. The fourth-order valence-electron chi connectivity index (χ4n) is 6.28. The maximum absolute atomic E-state index is 14.2. The second-order valence-corrected chi connectivity index (χ2v) is 14.4. The number of aliphatic hydroxyl groups is 1. The Labute approximate surface area is 318 Å². The third-order valence-corrected chi connectivity index (χ3v) is 8.90. The maximum Gasteiger partial charge on any atom is 0.408 e. The fourth-order valence-corrected chi connectivity index (χ4v) is 6.28. The van der Waals surface area contributed by atoms with Gasteiger partial charge in [-0.3, -0.25) is 19.2 Å². The third-order valence-electron chi connectivity index (χ3n) is 8.90. The Morgan fingerprint density at radius 3 is 1.98 bits per heavy atom. The molecule has 5 aromatic rings. The lowest BCUT2D eigenvalue weighted by atomic mass is 9.99. The van der Waals surface area contributed by atoms with Crippen LogP contribution >= 0.6 is 0 Å². The summed E-state index contributed by atoms with van der Waals surface area (Å²) >= 11 is 0. The minimum absolute atomic E-state index is 0.0351. The number of H-pyrrole nitrogens is 1. The van der Waals surface area contributed by atoms with Crippen LogP contribution in [0.4, 0.5) is 4.79 Å². The number of carbonyl (C=O) groups excluding carboxylic acids is 4. The number of alkyl carbamates (subject to hydrolysis) is 1. The summed E-state index contributed by atoms with van der Waals surface area (Å²) in [5.74, 6) is -3.70. The zero-order valence-corrected chi connectivity index (χ0v) is 31.0. The van der Waals surface area contributed by atoms with Gasteiger partial charge in [0.05, 0.1) is 19.1 Å². The van der Waals surface area contributed by atoms with Gasteiger partial charge < -0.3 is 41.2 Å². The van der Waals surface area contributed by atoms with Gasteiger partial charge in [-0.2, -0.15) is 0 Å². The number of aliphatic hydroxyl groups excluding tert-OH is 1. The van der Waals surface area contributed by atoms with Crippen LogP contribution in [0.5, 0.6) is 0 Å². The van der Waals surface area contributed by atoms with Crippen LogP contribution in [0.15, 0.2) is 103 Å². The van der Waals surface area contributed by atoms with Crippen molar-refractivity contribution in [2.24, 2.45) is 0 Å². The van der Waals surface area contributed by atoms with Crippen molar-refractivity contribution in [3.8, 4) is 0 Å². The van der Waals surface area contributed by atoms with Gasteiger partial charge in [-0.25, -0.2) is 4.79 Å². The van der Waals surface area contributed by atoms with Crippen molar-refractivity contribution in [1.82, 2.24) is 26.3 Å². The molecule has 4 amide bonds. The molecule has 0 radical (unpaired) electrons. The number of fused-ring (bicyclic) bond motifs is 2. The molecule has 13 nitrogen and oxygen atoms in total. The molecule has 55 heavy (non-hydrogen) atoms. The molecule has 288 valence electrons. The van der Waals surface area contributed by atoms with E-state index < -0.39 is 72.6 Å². The van der Waals surface area contributed by atoms with Gasteiger partial charge in [0.15, 0.2) is 0 Å². The number of ether oxygens (including phenoxy) is 1. The molecule has 13 heteroatoms. The highest BCUT2D eigenvalue weighted by Crippen LogP contribution is 2.21. The van der Waals surface area contributed by atoms with Gasteiger partial charge in [0, 0.05) is 29.9 Å². The quantitative estimate of drug-likeness (QED) is 0.0780. The first kappa shape index (κ1) is 40.0. The lowest BCUT2D eigenvalue weighted by Crippen LogP contribution is -2.59. The molecule has 0 aliphatic carbocycles. The summed E-state index contributed by atoms with van der Waals surface area (Å²) in [6.45, 7) is 4.65.